The van der Waals surface area contributed by atoms with Crippen LogP contribution >= 0.6 is 0 Å². The first kappa shape index (κ1) is 19.7. The van der Waals surface area contributed by atoms with Crippen molar-refractivity contribution in [1.29, 1.82) is 0 Å². The summed E-state index contributed by atoms with van der Waals surface area (Å²) in [4.78, 5) is 19.1. The monoisotopic (exact) mass is 358 g/mol. The van der Waals surface area contributed by atoms with Gasteiger partial charge in [-0.3, -0.25) is 9.78 Å². The first-order valence-electron chi connectivity index (χ1n) is 8.40. The van der Waals surface area contributed by atoms with E-state index in [1.165, 1.54) is 0 Å². The van der Waals surface area contributed by atoms with Crippen LogP contribution in [0.5, 0.6) is 11.5 Å². The summed E-state index contributed by atoms with van der Waals surface area (Å²) in [5.74, 6) is 0.910. The number of carbonyl (C=O) groups is 1. The van der Waals surface area contributed by atoms with E-state index in [0.29, 0.717) is 18.1 Å². The van der Waals surface area contributed by atoms with Crippen LogP contribution in [0, 0.1) is 0 Å². The molecule has 140 valence electrons. The van der Waals surface area contributed by atoms with Crippen molar-refractivity contribution in [2.75, 3.05) is 27.9 Å². The molecular formula is C20H26N2O4. The number of ether oxygens (including phenoxy) is 3. The van der Waals surface area contributed by atoms with Gasteiger partial charge in [0.2, 0.25) is 0 Å². The number of methoxy groups -OCH3 is 2. The summed E-state index contributed by atoms with van der Waals surface area (Å²) in [7, 11) is 4.90. The van der Waals surface area contributed by atoms with Crippen LogP contribution in [-0.2, 0) is 9.53 Å². The van der Waals surface area contributed by atoms with E-state index in [2.05, 4.69) is 4.98 Å². The highest BCUT2D eigenvalue weighted by Crippen LogP contribution is 2.31. The Morgan fingerprint density at radius 3 is 2.35 bits per heavy atom. The molecule has 0 aliphatic heterocycles. The average Bonchev–Trinajstić information content (AvgIpc) is 2.65. The number of aromatic nitrogens is 1. The molecule has 6 nitrogen and oxygen atoms in total. The molecule has 0 aliphatic carbocycles. The molecule has 0 radical (unpaired) electrons. The summed E-state index contributed by atoms with van der Waals surface area (Å²) in [6.45, 7) is 3.81. The maximum Gasteiger partial charge on any atom is 0.266 e. The largest absolute Gasteiger partial charge is 0.493 e. The summed E-state index contributed by atoms with van der Waals surface area (Å²) >= 11 is 0. The highest BCUT2D eigenvalue weighted by molar-refractivity contribution is 5.85. The van der Waals surface area contributed by atoms with E-state index in [-0.39, 0.29) is 11.9 Å². The third-order valence-electron chi connectivity index (χ3n) is 4.09. The lowest BCUT2D eigenvalue weighted by atomic mass is 10.0. The zero-order valence-corrected chi connectivity index (χ0v) is 15.9. The summed E-state index contributed by atoms with van der Waals surface area (Å²) in [6, 6.07) is 12.5. The number of para-hydroxylation sites is 2. The van der Waals surface area contributed by atoms with Gasteiger partial charge in [0.25, 0.3) is 5.91 Å². The second-order valence-electron chi connectivity index (χ2n) is 6.41. The van der Waals surface area contributed by atoms with Crippen molar-refractivity contribution in [2.24, 2.45) is 0 Å². The van der Waals surface area contributed by atoms with Crippen LogP contribution in [0.1, 0.15) is 25.6 Å². The fourth-order valence-corrected chi connectivity index (χ4v) is 2.71. The number of pyridine rings is 1. The molecule has 1 heterocycles. The van der Waals surface area contributed by atoms with Crippen LogP contribution in [0.25, 0.3) is 0 Å². The van der Waals surface area contributed by atoms with Crippen LogP contribution < -0.4 is 9.47 Å². The Morgan fingerprint density at radius 1 is 1.12 bits per heavy atom. The Balaban J connectivity index is 2.23. The van der Waals surface area contributed by atoms with Gasteiger partial charge in [-0.05, 0) is 38.1 Å². The van der Waals surface area contributed by atoms with E-state index in [9.17, 15) is 4.79 Å². The van der Waals surface area contributed by atoms with Gasteiger partial charge in [-0.25, -0.2) is 0 Å². The molecule has 0 N–H and O–H groups in total. The Hall–Kier alpha value is -2.60. The summed E-state index contributed by atoms with van der Waals surface area (Å²) in [6.07, 6.45) is 1.70. The van der Waals surface area contributed by atoms with Crippen LogP contribution in [0.3, 0.4) is 0 Å². The van der Waals surface area contributed by atoms with Gasteiger partial charge in [-0.15, -0.1) is 0 Å². The van der Waals surface area contributed by atoms with E-state index in [1.807, 2.05) is 30.3 Å². The number of nitrogens with zero attached hydrogens (tertiary/aromatic N) is 2. The molecule has 26 heavy (non-hydrogen) atoms. The molecule has 0 bridgehead atoms. The zero-order chi connectivity index (χ0) is 19.2. The number of carbonyl (C=O) groups excluding carboxylic acids is 1. The van der Waals surface area contributed by atoms with Gasteiger partial charge in [-0.1, -0.05) is 18.2 Å². The molecule has 0 spiro atoms. The van der Waals surface area contributed by atoms with Gasteiger partial charge in [0.05, 0.1) is 25.5 Å². The van der Waals surface area contributed by atoms with Crippen molar-refractivity contribution in [1.82, 2.24) is 9.88 Å². The molecule has 0 fully saturated rings. The summed E-state index contributed by atoms with van der Waals surface area (Å²) in [5.41, 5.74) is -0.331. The number of benzene rings is 1. The van der Waals surface area contributed by atoms with Crippen molar-refractivity contribution in [3.8, 4) is 11.5 Å². The van der Waals surface area contributed by atoms with Gasteiger partial charge in [0.15, 0.2) is 17.1 Å². The van der Waals surface area contributed by atoms with Crippen molar-refractivity contribution >= 4 is 5.91 Å². The van der Waals surface area contributed by atoms with Gasteiger partial charge in [0.1, 0.15) is 0 Å². The lowest BCUT2D eigenvalue weighted by molar-refractivity contribution is -0.147. The molecule has 6 heteroatoms. The van der Waals surface area contributed by atoms with E-state index in [0.717, 1.165) is 5.69 Å². The van der Waals surface area contributed by atoms with Gasteiger partial charge in [0, 0.05) is 20.4 Å². The molecule has 2 rings (SSSR count). The van der Waals surface area contributed by atoms with Crippen LogP contribution in [-0.4, -0.2) is 49.3 Å². The fraction of sp³-hybridized carbons (Fsp3) is 0.400. The highest BCUT2D eigenvalue weighted by atomic mass is 16.5. The fourth-order valence-electron chi connectivity index (χ4n) is 2.71. The lowest BCUT2D eigenvalue weighted by Gasteiger charge is -2.34. The summed E-state index contributed by atoms with van der Waals surface area (Å²) in [5, 5.41) is 0. The molecule has 0 saturated heterocycles. The predicted octanol–water partition coefficient (Wildman–Crippen LogP) is 3.09. The molecular weight excluding hydrogens is 332 g/mol. The Kier molecular flexibility index (Phi) is 6.58. The molecule has 1 aromatic carbocycles. The molecule has 1 aromatic heterocycles. The van der Waals surface area contributed by atoms with E-state index in [4.69, 9.17) is 14.2 Å². The van der Waals surface area contributed by atoms with Gasteiger partial charge < -0.3 is 19.1 Å². The Bertz CT molecular complexity index is 719. The van der Waals surface area contributed by atoms with Crippen molar-refractivity contribution in [2.45, 2.75) is 25.5 Å². The highest BCUT2D eigenvalue weighted by Gasteiger charge is 2.37. The molecule has 2 aromatic rings. The average molecular weight is 358 g/mol. The second-order valence-corrected chi connectivity index (χ2v) is 6.41. The minimum absolute atomic E-state index is 0.184. The lowest BCUT2D eigenvalue weighted by Crippen LogP contribution is -2.49. The van der Waals surface area contributed by atoms with E-state index in [1.54, 1.807) is 58.3 Å². The number of rotatable bonds is 8. The summed E-state index contributed by atoms with van der Waals surface area (Å²) < 4.78 is 16.6. The van der Waals surface area contributed by atoms with E-state index < -0.39 is 5.60 Å². The van der Waals surface area contributed by atoms with Crippen molar-refractivity contribution in [3.63, 3.8) is 0 Å². The van der Waals surface area contributed by atoms with Crippen LogP contribution in [0.4, 0.5) is 0 Å². The number of amides is 1. The number of likely N-dealkylation sites (N-methyl/N-ethyl adjacent to an activating group) is 1. The normalized spacial score (nSPS) is 12.3. The van der Waals surface area contributed by atoms with Crippen molar-refractivity contribution < 1.29 is 19.0 Å². The zero-order valence-electron chi connectivity index (χ0n) is 15.9. The first-order chi connectivity index (χ1) is 12.4. The van der Waals surface area contributed by atoms with E-state index >= 15 is 0 Å². The molecule has 0 aliphatic rings. The molecule has 0 saturated carbocycles. The number of hydrogen-bond acceptors (Lipinski definition) is 5. The van der Waals surface area contributed by atoms with Crippen LogP contribution in [0.15, 0.2) is 48.7 Å². The maximum atomic E-state index is 13.1. The predicted molar refractivity (Wildman–Crippen MR) is 99.3 cm³/mol. The Morgan fingerprint density at radius 2 is 1.77 bits per heavy atom. The molecule has 1 atom stereocenters. The maximum absolute atomic E-state index is 13.1. The standard InChI is InChI=1S/C20H26N2O4/c1-20(2,26-18-12-7-6-11-17(18)25-5)19(23)22(3)16(14-24-4)15-10-8-9-13-21-15/h6-13,16H,14H2,1-5H3. The number of hydrogen-bond donors (Lipinski definition) is 0. The van der Waals surface area contributed by atoms with Crippen molar-refractivity contribution in [3.05, 3.63) is 54.4 Å². The minimum Gasteiger partial charge on any atom is -0.493 e. The van der Waals surface area contributed by atoms with Gasteiger partial charge in [-0.2, -0.15) is 0 Å². The molecule has 1 unspecified atom stereocenters. The quantitative estimate of drug-likeness (QED) is 0.726. The van der Waals surface area contributed by atoms with Crippen LogP contribution in [0.2, 0.25) is 0 Å². The Labute approximate surface area is 154 Å². The van der Waals surface area contributed by atoms with Gasteiger partial charge >= 0.3 is 0 Å². The third kappa shape index (κ3) is 4.52. The molecule has 1 amide bonds. The second kappa shape index (κ2) is 8.67. The minimum atomic E-state index is -1.09. The SMILES string of the molecule is COCC(c1ccccn1)N(C)C(=O)C(C)(C)Oc1ccccc1OC. The first-order valence-corrected chi connectivity index (χ1v) is 8.40. The topological polar surface area (TPSA) is 60.9 Å². The smallest absolute Gasteiger partial charge is 0.266 e. The third-order valence-corrected chi connectivity index (χ3v) is 4.09.